The van der Waals surface area contributed by atoms with Crippen LogP contribution in [-0.2, 0) is 47.5 Å². The summed E-state index contributed by atoms with van der Waals surface area (Å²) in [7, 11) is 0. The van der Waals surface area contributed by atoms with Crippen LogP contribution in [0.25, 0.3) is 0 Å². The number of amides is 6. The average Bonchev–Trinajstić information content (AvgIpc) is 3.67. The van der Waals surface area contributed by atoms with Gasteiger partial charge < -0.3 is 48.5 Å². The van der Waals surface area contributed by atoms with Crippen LogP contribution < -0.4 is 21.3 Å². The van der Waals surface area contributed by atoms with Crippen LogP contribution in [-0.4, -0.2) is 152 Å². The van der Waals surface area contributed by atoms with Crippen molar-refractivity contribution >= 4 is 60.4 Å². The van der Waals surface area contributed by atoms with E-state index in [1.807, 2.05) is 0 Å². The summed E-state index contributed by atoms with van der Waals surface area (Å²) in [5, 5.41) is 10.0. The molecule has 0 saturated carbocycles. The van der Waals surface area contributed by atoms with Crippen LogP contribution in [0.5, 0.6) is 0 Å². The molecule has 0 aromatic carbocycles. The minimum Gasteiger partial charge on any atom is -0.458 e. The Morgan fingerprint density at radius 1 is 0.392 bits per heavy atom. The van der Waals surface area contributed by atoms with Crippen LogP contribution in [0.1, 0.15) is 179 Å². The van der Waals surface area contributed by atoms with Crippen molar-refractivity contribution in [2.24, 2.45) is 9.98 Å². The number of aliphatic imine (C=N–C) groups is 2. The zero-order valence-electron chi connectivity index (χ0n) is 48.5. The normalized spacial score (nSPS) is 17.4. The van der Waals surface area contributed by atoms with Gasteiger partial charge in [0.15, 0.2) is 0 Å². The van der Waals surface area contributed by atoms with Gasteiger partial charge in [-0.3, -0.25) is 20.6 Å². The molecule has 0 aromatic heterocycles. The predicted molar refractivity (Wildman–Crippen MR) is 274 cm³/mol. The highest BCUT2D eigenvalue weighted by molar-refractivity contribution is 6.03. The molecule has 0 bridgehead atoms. The number of hydrogen-bond donors (Lipinski definition) is 4. The fraction of sp³-hybridized carbons (Fsp3) is 0.800. The van der Waals surface area contributed by atoms with Crippen molar-refractivity contribution in [1.82, 2.24) is 31.1 Å². The van der Waals surface area contributed by atoms with E-state index in [2.05, 4.69) is 31.3 Å². The van der Waals surface area contributed by atoms with Crippen molar-refractivity contribution < 1.29 is 76.3 Å². The lowest BCUT2D eigenvalue weighted by Gasteiger charge is -2.32. The van der Waals surface area contributed by atoms with Crippen LogP contribution in [0.3, 0.4) is 0 Å². The molecular formula is C50H88N8O16. The molecule has 24 nitrogen and oxygen atoms in total. The number of ether oxygens (including phenoxy) is 8. The summed E-state index contributed by atoms with van der Waals surface area (Å²) in [5.41, 5.74) is -6.51. The van der Waals surface area contributed by atoms with Crippen molar-refractivity contribution in [3.8, 4) is 0 Å². The highest BCUT2D eigenvalue weighted by atomic mass is 16.6. The molecule has 0 spiro atoms. The number of guanidine groups is 2. The van der Waals surface area contributed by atoms with Crippen molar-refractivity contribution in [2.45, 2.75) is 248 Å². The fourth-order valence-corrected chi connectivity index (χ4v) is 6.11. The van der Waals surface area contributed by atoms with Crippen LogP contribution in [0.4, 0.5) is 28.8 Å². The van der Waals surface area contributed by atoms with Gasteiger partial charge in [-0.15, -0.1) is 0 Å². The Labute approximate surface area is 437 Å². The second-order valence-corrected chi connectivity index (χ2v) is 25.5. The first kappa shape index (κ1) is 65.9. The molecule has 2 aliphatic rings. The molecular weight excluding hydrogens is 969 g/mol. The van der Waals surface area contributed by atoms with Gasteiger partial charge in [0.25, 0.3) is 0 Å². The van der Waals surface area contributed by atoms with E-state index in [4.69, 9.17) is 37.9 Å². The van der Waals surface area contributed by atoms with E-state index in [-0.39, 0.29) is 37.9 Å². The molecule has 0 radical (unpaired) electrons. The van der Waals surface area contributed by atoms with Crippen LogP contribution in [0.2, 0.25) is 0 Å². The molecule has 6 amide bonds. The Morgan fingerprint density at radius 3 is 0.851 bits per heavy atom. The fourth-order valence-electron chi connectivity index (χ4n) is 6.11. The quantitative estimate of drug-likeness (QED) is 0.131. The third-order valence-electron chi connectivity index (χ3n) is 8.28. The van der Waals surface area contributed by atoms with E-state index < -0.39 is 117 Å². The summed E-state index contributed by atoms with van der Waals surface area (Å²) in [4.78, 5) is 113. The molecule has 4 N–H and O–H groups in total. The SMILES string of the molecule is CC(C)(C)OC(=O)NC1=NCC(C[C@H](NC(=O)OC(C)(C)C)C(=O)OC(C)(C)C)N1C(=O)OC(C)(C)C.CC(C)(C)OC(=O)NC1=NC[C@@H](C[C@H](NC(=O)OC(C)(C)C)C(=O)OC(C)(C)C)N1C(=O)OC(C)(C)C. The number of nitrogens with zero attached hydrogens (tertiary/aromatic N) is 4. The second kappa shape index (κ2) is 25.0. The smallest absolute Gasteiger partial charge is 0.417 e. The van der Waals surface area contributed by atoms with Gasteiger partial charge in [-0.05, 0) is 166 Å². The van der Waals surface area contributed by atoms with Gasteiger partial charge in [0.1, 0.15) is 56.9 Å². The monoisotopic (exact) mass is 1060 g/mol. The Morgan fingerprint density at radius 2 is 0.622 bits per heavy atom. The van der Waals surface area contributed by atoms with E-state index in [1.165, 1.54) is 0 Å². The van der Waals surface area contributed by atoms with E-state index in [1.54, 1.807) is 166 Å². The van der Waals surface area contributed by atoms with Crippen molar-refractivity contribution in [3.05, 3.63) is 0 Å². The summed E-state index contributed by atoms with van der Waals surface area (Å²) in [5.74, 6) is -1.60. The zero-order valence-corrected chi connectivity index (χ0v) is 48.5. The van der Waals surface area contributed by atoms with Gasteiger partial charge in [0, 0.05) is 12.8 Å². The predicted octanol–water partition coefficient (Wildman–Crippen LogP) is 8.22. The van der Waals surface area contributed by atoms with Gasteiger partial charge in [-0.1, -0.05) is 0 Å². The molecule has 0 aromatic rings. The molecule has 0 aliphatic carbocycles. The molecule has 424 valence electrons. The van der Waals surface area contributed by atoms with Gasteiger partial charge in [0.2, 0.25) is 11.9 Å². The average molecular weight is 1060 g/mol. The summed E-state index contributed by atoms with van der Waals surface area (Å²) >= 11 is 0. The molecule has 2 rings (SSSR count). The van der Waals surface area contributed by atoms with E-state index in [9.17, 15) is 38.4 Å². The lowest BCUT2D eigenvalue weighted by atomic mass is 10.1. The van der Waals surface area contributed by atoms with Gasteiger partial charge in [0.05, 0.1) is 25.2 Å². The summed E-state index contributed by atoms with van der Waals surface area (Å²) in [6, 6.07) is -3.88. The molecule has 1 unspecified atom stereocenters. The molecule has 0 fully saturated rings. The zero-order chi connectivity index (χ0) is 58.0. The van der Waals surface area contributed by atoms with Crippen LogP contribution in [0.15, 0.2) is 9.98 Å². The highest BCUT2D eigenvalue weighted by Gasteiger charge is 2.43. The molecule has 2 aliphatic heterocycles. The molecule has 24 heteroatoms. The molecule has 0 saturated heterocycles. The number of esters is 2. The Bertz CT molecular complexity index is 1920. The number of nitrogens with one attached hydrogen (secondary N) is 4. The maximum Gasteiger partial charge on any atom is 0.417 e. The minimum atomic E-state index is -1.18. The molecule has 74 heavy (non-hydrogen) atoms. The molecule has 2 heterocycles. The van der Waals surface area contributed by atoms with Gasteiger partial charge >= 0.3 is 48.5 Å². The first-order valence-corrected chi connectivity index (χ1v) is 24.5. The standard InChI is InChI=1S/2C25H44N4O8/c2*1-22(2,3)34-17(30)16(27-19(31)35-23(4,5)6)13-15-14-26-18(28-20(32)36-24(7,8)9)29(15)21(33)37-25(10,11)12/h2*15-16H,13-14H2,1-12H3,(H,27,31)(H,26,28,32)/t15?,16-;15-,16+/m01/s1. The van der Waals surface area contributed by atoms with Crippen molar-refractivity contribution in [2.75, 3.05) is 13.1 Å². The first-order chi connectivity index (χ1) is 32.9. The van der Waals surface area contributed by atoms with Crippen LogP contribution in [0, 0.1) is 0 Å². The number of hydrogen-bond acceptors (Lipinski definition) is 18. The van der Waals surface area contributed by atoms with Gasteiger partial charge in [-0.2, -0.15) is 0 Å². The maximum absolute atomic E-state index is 13.1. The van der Waals surface area contributed by atoms with Crippen LogP contribution >= 0.6 is 0 Å². The minimum absolute atomic E-state index is 0.0275. The second-order valence-electron chi connectivity index (χ2n) is 25.5. The summed E-state index contributed by atoms with van der Waals surface area (Å²) in [6.07, 6.45) is -5.01. The number of carbonyl (C=O) groups is 8. The number of alkyl carbamates (subject to hydrolysis) is 4. The number of rotatable bonds is 8. The largest absolute Gasteiger partial charge is 0.458 e. The topological polar surface area (TPSA) is 290 Å². The van der Waals surface area contributed by atoms with E-state index in [0.29, 0.717) is 0 Å². The summed E-state index contributed by atoms with van der Waals surface area (Å²) in [6.45, 7) is 40.8. The maximum atomic E-state index is 13.1. The first-order valence-electron chi connectivity index (χ1n) is 24.5. The molecule has 4 atom stereocenters. The lowest BCUT2D eigenvalue weighted by Crippen LogP contribution is -2.54. The van der Waals surface area contributed by atoms with Gasteiger partial charge in [-0.25, -0.2) is 48.2 Å². The van der Waals surface area contributed by atoms with Crippen molar-refractivity contribution in [1.29, 1.82) is 0 Å². The van der Waals surface area contributed by atoms with Crippen molar-refractivity contribution in [3.63, 3.8) is 0 Å². The van der Waals surface area contributed by atoms with E-state index >= 15 is 0 Å². The lowest BCUT2D eigenvalue weighted by molar-refractivity contribution is -0.158. The summed E-state index contributed by atoms with van der Waals surface area (Å²) < 4.78 is 43.2. The number of carbonyl (C=O) groups excluding carboxylic acids is 8. The third-order valence-corrected chi connectivity index (χ3v) is 8.28. The Hall–Kier alpha value is -6.10. The highest BCUT2D eigenvalue weighted by Crippen LogP contribution is 2.24. The van der Waals surface area contributed by atoms with E-state index in [0.717, 1.165) is 9.80 Å². The Kier molecular flexibility index (Phi) is 22.2. The Balaban J connectivity index is 0.000000740. The third kappa shape index (κ3) is 27.8.